The van der Waals surface area contributed by atoms with Gasteiger partial charge in [0, 0.05) is 6.04 Å². The average molecular weight is 175 g/mol. The van der Waals surface area contributed by atoms with Crippen molar-refractivity contribution in [2.24, 2.45) is 5.92 Å². The van der Waals surface area contributed by atoms with Gasteiger partial charge in [-0.2, -0.15) is 0 Å². The van der Waals surface area contributed by atoms with Gasteiger partial charge in [-0.05, 0) is 20.0 Å². The van der Waals surface area contributed by atoms with E-state index in [2.05, 4.69) is 4.74 Å². The molecule has 4 nitrogen and oxygen atoms in total. The highest BCUT2D eigenvalue weighted by Gasteiger charge is 2.17. The molecule has 0 radical (unpaired) electrons. The third-order valence-electron chi connectivity index (χ3n) is 1.81. The van der Waals surface area contributed by atoms with E-state index in [0.29, 0.717) is 5.92 Å². The third kappa shape index (κ3) is 4.18. The van der Waals surface area contributed by atoms with Crippen LogP contribution in [0.25, 0.3) is 0 Å². The Balaban J connectivity index is 3.88. The Kier molecular flexibility index (Phi) is 4.66. The van der Waals surface area contributed by atoms with E-state index in [4.69, 9.17) is 5.11 Å². The quantitative estimate of drug-likeness (QED) is 0.654. The topological polar surface area (TPSA) is 49.8 Å². The smallest absolute Gasteiger partial charge is 0.450 e. The monoisotopic (exact) mass is 175 g/mol. The second-order valence-corrected chi connectivity index (χ2v) is 3.35. The molecule has 1 N–H and O–H groups in total. The van der Waals surface area contributed by atoms with Gasteiger partial charge >= 0.3 is 6.16 Å². The van der Waals surface area contributed by atoms with Gasteiger partial charge < -0.3 is 14.7 Å². The van der Waals surface area contributed by atoms with Gasteiger partial charge in [-0.25, -0.2) is 4.79 Å². The maximum absolute atomic E-state index is 10.1. The van der Waals surface area contributed by atoms with Crippen LogP contribution in [-0.4, -0.2) is 42.9 Å². The normalized spacial score (nSPS) is 13.5. The van der Waals surface area contributed by atoms with Gasteiger partial charge in [-0.15, -0.1) is 0 Å². The number of rotatable bonds is 4. The van der Waals surface area contributed by atoms with Crippen molar-refractivity contribution >= 4 is 6.16 Å². The highest BCUT2D eigenvalue weighted by Crippen LogP contribution is 2.07. The summed E-state index contributed by atoms with van der Waals surface area (Å²) in [6, 6.07) is 0.154. The first-order chi connectivity index (χ1) is 5.45. The zero-order chi connectivity index (χ0) is 9.72. The standard InChI is InChI=1S/C8H17NO3/c1-6(2)7(9(3)4)5-12-8(10)11/h6-7H,5H2,1-4H3,(H,10,11). The molecule has 0 amide bonds. The predicted octanol–water partition coefficient (Wildman–Crippen LogP) is 1.27. The average Bonchev–Trinajstić information content (AvgIpc) is 1.84. The van der Waals surface area contributed by atoms with E-state index in [1.165, 1.54) is 0 Å². The first kappa shape index (κ1) is 11.2. The van der Waals surface area contributed by atoms with E-state index in [1.54, 1.807) is 0 Å². The first-order valence-corrected chi connectivity index (χ1v) is 3.97. The SMILES string of the molecule is CC(C)C(COC(=O)O)N(C)C. The summed E-state index contributed by atoms with van der Waals surface area (Å²) >= 11 is 0. The molecule has 0 aliphatic heterocycles. The van der Waals surface area contributed by atoms with Gasteiger partial charge in [0.15, 0.2) is 0 Å². The van der Waals surface area contributed by atoms with Crippen LogP contribution in [0.4, 0.5) is 4.79 Å². The van der Waals surface area contributed by atoms with Crippen LogP contribution in [0.15, 0.2) is 0 Å². The van der Waals surface area contributed by atoms with Crippen LogP contribution in [0.1, 0.15) is 13.8 Å². The molecule has 72 valence electrons. The van der Waals surface area contributed by atoms with Crippen LogP contribution in [0.2, 0.25) is 0 Å². The minimum absolute atomic E-state index is 0.154. The molecule has 1 atom stereocenters. The van der Waals surface area contributed by atoms with Crippen LogP contribution in [0.5, 0.6) is 0 Å². The van der Waals surface area contributed by atoms with Crippen molar-refractivity contribution in [3.05, 3.63) is 0 Å². The van der Waals surface area contributed by atoms with Crippen LogP contribution in [0, 0.1) is 5.92 Å². The van der Waals surface area contributed by atoms with Crippen LogP contribution < -0.4 is 0 Å². The number of carboxylic acid groups (broad SMARTS) is 1. The van der Waals surface area contributed by atoms with Crippen molar-refractivity contribution in [1.29, 1.82) is 0 Å². The second-order valence-electron chi connectivity index (χ2n) is 3.35. The Bertz CT molecular complexity index is 137. The number of nitrogens with zero attached hydrogens (tertiary/aromatic N) is 1. The summed E-state index contributed by atoms with van der Waals surface area (Å²) in [6.45, 7) is 4.31. The van der Waals surface area contributed by atoms with E-state index in [9.17, 15) is 4.79 Å². The molecule has 0 aromatic heterocycles. The van der Waals surface area contributed by atoms with Crippen molar-refractivity contribution in [2.45, 2.75) is 19.9 Å². The van der Waals surface area contributed by atoms with Crippen LogP contribution >= 0.6 is 0 Å². The van der Waals surface area contributed by atoms with Gasteiger partial charge in [0.05, 0.1) is 0 Å². The number of carbonyl (C=O) groups is 1. The second kappa shape index (κ2) is 4.98. The Morgan fingerprint density at radius 1 is 1.50 bits per heavy atom. The molecule has 0 heterocycles. The summed E-state index contributed by atoms with van der Waals surface area (Å²) < 4.78 is 4.50. The van der Waals surface area contributed by atoms with E-state index in [-0.39, 0.29) is 12.6 Å². The maximum Gasteiger partial charge on any atom is 0.505 e. The Morgan fingerprint density at radius 3 is 2.25 bits per heavy atom. The molecule has 0 aliphatic rings. The lowest BCUT2D eigenvalue weighted by molar-refractivity contribution is 0.0567. The van der Waals surface area contributed by atoms with E-state index in [1.807, 2.05) is 32.8 Å². The number of hydrogen-bond donors (Lipinski definition) is 1. The van der Waals surface area contributed by atoms with Crippen molar-refractivity contribution in [2.75, 3.05) is 20.7 Å². The molecule has 0 rings (SSSR count). The van der Waals surface area contributed by atoms with E-state index < -0.39 is 6.16 Å². The summed E-state index contributed by atoms with van der Waals surface area (Å²) in [5, 5.41) is 8.29. The molecule has 0 saturated carbocycles. The third-order valence-corrected chi connectivity index (χ3v) is 1.81. The molecule has 0 aliphatic carbocycles. The number of hydrogen-bond acceptors (Lipinski definition) is 3. The molecular weight excluding hydrogens is 158 g/mol. The van der Waals surface area contributed by atoms with Crippen LogP contribution in [0.3, 0.4) is 0 Å². The molecule has 0 spiro atoms. The summed E-state index contributed by atoms with van der Waals surface area (Å²) in [5.74, 6) is 0.388. The summed E-state index contributed by atoms with van der Waals surface area (Å²) in [4.78, 5) is 12.1. The fraction of sp³-hybridized carbons (Fsp3) is 0.875. The Morgan fingerprint density at radius 2 is 2.00 bits per heavy atom. The fourth-order valence-corrected chi connectivity index (χ4v) is 1.09. The maximum atomic E-state index is 10.1. The molecule has 0 saturated heterocycles. The molecule has 4 heteroatoms. The van der Waals surface area contributed by atoms with Gasteiger partial charge in [0.1, 0.15) is 6.61 Å². The molecule has 12 heavy (non-hydrogen) atoms. The summed E-state index contributed by atoms with van der Waals surface area (Å²) in [7, 11) is 3.83. The van der Waals surface area contributed by atoms with Gasteiger partial charge in [0.25, 0.3) is 0 Å². The predicted molar refractivity (Wildman–Crippen MR) is 46.3 cm³/mol. The van der Waals surface area contributed by atoms with Crippen molar-refractivity contribution < 1.29 is 14.6 Å². The summed E-state index contributed by atoms with van der Waals surface area (Å²) in [6.07, 6.45) is -1.21. The van der Waals surface area contributed by atoms with Gasteiger partial charge in [-0.1, -0.05) is 13.8 Å². The van der Waals surface area contributed by atoms with Crippen molar-refractivity contribution in [1.82, 2.24) is 4.90 Å². The molecule has 0 aromatic rings. The lowest BCUT2D eigenvalue weighted by atomic mass is 10.0. The van der Waals surface area contributed by atoms with Crippen LogP contribution in [-0.2, 0) is 4.74 Å². The molecule has 0 fully saturated rings. The minimum atomic E-state index is -1.21. The highest BCUT2D eigenvalue weighted by atomic mass is 16.7. The largest absolute Gasteiger partial charge is 0.505 e. The minimum Gasteiger partial charge on any atom is -0.450 e. The Labute approximate surface area is 73.1 Å². The Hall–Kier alpha value is -0.770. The van der Waals surface area contributed by atoms with E-state index in [0.717, 1.165) is 0 Å². The summed E-state index contributed by atoms with van der Waals surface area (Å²) in [5.41, 5.74) is 0. The number of ether oxygens (including phenoxy) is 1. The molecular formula is C8H17NO3. The zero-order valence-corrected chi connectivity index (χ0v) is 8.07. The highest BCUT2D eigenvalue weighted by molar-refractivity contribution is 5.56. The zero-order valence-electron chi connectivity index (χ0n) is 8.07. The lowest BCUT2D eigenvalue weighted by Gasteiger charge is -2.26. The number of likely N-dealkylation sites (N-methyl/N-ethyl adjacent to an activating group) is 1. The fourth-order valence-electron chi connectivity index (χ4n) is 1.09. The van der Waals surface area contributed by atoms with E-state index >= 15 is 0 Å². The van der Waals surface area contributed by atoms with Gasteiger partial charge in [-0.3, -0.25) is 0 Å². The molecule has 0 bridgehead atoms. The van der Waals surface area contributed by atoms with Crippen molar-refractivity contribution in [3.63, 3.8) is 0 Å². The van der Waals surface area contributed by atoms with Gasteiger partial charge in [0.2, 0.25) is 0 Å². The lowest BCUT2D eigenvalue weighted by Crippen LogP contribution is -2.37. The van der Waals surface area contributed by atoms with Crippen molar-refractivity contribution in [3.8, 4) is 0 Å². The first-order valence-electron chi connectivity index (χ1n) is 3.97. The molecule has 1 unspecified atom stereocenters. The molecule has 0 aromatic carbocycles.